The number of allylic oxidation sites excluding steroid dienone is 3. The SMILES string of the molecule is OCC(O)CC1=[C-]CC=C1.[Cl-].[Cl-].[Zr+3]. The predicted molar refractivity (Wildman–Crippen MR) is 38.2 cm³/mol. The Morgan fingerprint density at radius 3 is 2.46 bits per heavy atom. The fraction of sp³-hybridized carbons (Fsp3) is 0.500. The van der Waals surface area contributed by atoms with Crippen molar-refractivity contribution in [2.75, 3.05) is 6.61 Å². The molecule has 1 aliphatic rings. The van der Waals surface area contributed by atoms with Crippen molar-refractivity contribution in [3.63, 3.8) is 0 Å². The topological polar surface area (TPSA) is 40.5 Å². The molecule has 1 atom stereocenters. The summed E-state index contributed by atoms with van der Waals surface area (Å²) in [5, 5.41) is 17.5. The van der Waals surface area contributed by atoms with E-state index in [-0.39, 0.29) is 57.6 Å². The summed E-state index contributed by atoms with van der Waals surface area (Å²) in [6, 6.07) is 0. The average molecular weight is 301 g/mol. The number of aliphatic hydroxyl groups excluding tert-OH is 2. The van der Waals surface area contributed by atoms with Gasteiger partial charge in [-0.15, -0.1) is 6.42 Å². The monoisotopic (exact) mass is 299 g/mol. The molecule has 0 aromatic rings. The van der Waals surface area contributed by atoms with Gasteiger partial charge in [0.15, 0.2) is 0 Å². The number of hydrogen-bond donors (Lipinski definition) is 2. The van der Waals surface area contributed by atoms with Crippen LogP contribution in [0.2, 0.25) is 0 Å². The number of hydrogen-bond acceptors (Lipinski definition) is 2. The molecule has 0 fully saturated rings. The third-order valence-corrected chi connectivity index (χ3v) is 1.43. The molecule has 2 nitrogen and oxygen atoms in total. The van der Waals surface area contributed by atoms with Gasteiger partial charge in [-0.05, 0) is 6.42 Å². The Bertz CT molecular complexity index is 172. The zero-order valence-corrected chi connectivity index (χ0v) is 11.0. The Morgan fingerprint density at radius 1 is 1.46 bits per heavy atom. The zero-order chi connectivity index (χ0) is 7.40. The van der Waals surface area contributed by atoms with Crippen LogP contribution in [-0.4, -0.2) is 22.9 Å². The van der Waals surface area contributed by atoms with Gasteiger partial charge in [0.25, 0.3) is 0 Å². The quantitative estimate of drug-likeness (QED) is 0.511. The second-order valence-corrected chi connectivity index (χ2v) is 2.35. The summed E-state index contributed by atoms with van der Waals surface area (Å²) in [5.41, 5.74) is 1.00. The summed E-state index contributed by atoms with van der Waals surface area (Å²) in [4.78, 5) is 0. The van der Waals surface area contributed by atoms with E-state index >= 15 is 0 Å². The molecular weight excluding hydrogens is 290 g/mol. The molecule has 0 heterocycles. The maximum atomic E-state index is 8.97. The molecule has 0 amide bonds. The van der Waals surface area contributed by atoms with Gasteiger partial charge in [-0.3, -0.25) is 6.08 Å². The molecule has 0 bridgehead atoms. The van der Waals surface area contributed by atoms with Crippen molar-refractivity contribution in [1.82, 2.24) is 0 Å². The van der Waals surface area contributed by atoms with Gasteiger partial charge in [0.05, 0.1) is 12.7 Å². The van der Waals surface area contributed by atoms with Gasteiger partial charge in [0, 0.05) is 0 Å². The van der Waals surface area contributed by atoms with Gasteiger partial charge in [0.1, 0.15) is 0 Å². The summed E-state index contributed by atoms with van der Waals surface area (Å²) in [6.45, 7) is -0.168. The van der Waals surface area contributed by atoms with Gasteiger partial charge in [-0.1, -0.05) is 0 Å². The van der Waals surface area contributed by atoms with Crippen LogP contribution in [0.1, 0.15) is 12.8 Å². The minimum Gasteiger partial charge on any atom is -1.00 e. The summed E-state index contributed by atoms with van der Waals surface area (Å²) >= 11 is 0. The first-order chi connectivity index (χ1) is 4.83. The van der Waals surface area contributed by atoms with Crippen LogP contribution in [0.3, 0.4) is 0 Å². The van der Waals surface area contributed by atoms with E-state index in [1.807, 2.05) is 12.2 Å². The molecule has 2 N–H and O–H groups in total. The third-order valence-electron chi connectivity index (χ3n) is 1.43. The molecule has 0 spiro atoms. The van der Waals surface area contributed by atoms with E-state index in [2.05, 4.69) is 6.08 Å². The van der Waals surface area contributed by atoms with Crippen LogP contribution in [-0.2, 0) is 26.2 Å². The molecular formula is C8H11Cl2O2Zr. The normalized spacial score (nSPS) is 14.8. The Hall–Kier alpha value is 0.863. The van der Waals surface area contributed by atoms with Crippen molar-refractivity contribution in [2.45, 2.75) is 18.9 Å². The molecule has 13 heavy (non-hydrogen) atoms. The maximum Gasteiger partial charge on any atom is 3.00 e. The molecule has 0 saturated heterocycles. The van der Waals surface area contributed by atoms with Gasteiger partial charge in [-0.25, -0.2) is 11.6 Å². The van der Waals surface area contributed by atoms with E-state index in [4.69, 9.17) is 10.2 Å². The van der Waals surface area contributed by atoms with Crippen molar-refractivity contribution >= 4 is 0 Å². The van der Waals surface area contributed by atoms with Gasteiger partial charge in [0.2, 0.25) is 0 Å². The third kappa shape index (κ3) is 7.90. The molecule has 0 aromatic carbocycles. The number of rotatable bonds is 3. The van der Waals surface area contributed by atoms with Crippen molar-refractivity contribution < 1.29 is 61.2 Å². The molecule has 0 saturated carbocycles. The molecule has 1 unspecified atom stereocenters. The second-order valence-electron chi connectivity index (χ2n) is 2.35. The maximum absolute atomic E-state index is 8.97. The van der Waals surface area contributed by atoms with Crippen LogP contribution >= 0.6 is 0 Å². The number of halogens is 2. The van der Waals surface area contributed by atoms with Gasteiger partial charge in [-0.2, -0.15) is 6.08 Å². The van der Waals surface area contributed by atoms with Gasteiger partial charge >= 0.3 is 26.2 Å². The molecule has 1 aliphatic carbocycles. The summed E-state index contributed by atoms with van der Waals surface area (Å²) in [6.07, 6.45) is 7.71. The smallest absolute Gasteiger partial charge is 1.00 e. The second kappa shape index (κ2) is 10.9. The van der Waals surface area contributed by atoms with Crippen LogP contribution < -0.4 is 24.8 Å². The van der Waals surface area contributed by atoms with Gasteiger partial charge < -0.3 is 35.0 Å². The zero-order valence-electron chi connectivity index (χ0n) is 7.00. The number of aliphatic hydroxyl groups is 2. The van der Waals surface area contributed by atoms with E-state index in [1.54, 1.807) is 0 Å². The first-order valence-corrected chi connectivity index (χ1v) is 3.38. The average Bonchev–Trinajstić information content (AvgIpc) is 2.40. The minimum absolute atomic E-state index is 0. The predicted octanol–water partition coefficient (Wildman–Crippen LogP) is -5.58. The van der Waals surface area contributed by atoms with Crippen molar-refractivity contribution in [1.29, 1.82) is 0 Å². The first-order valence-electron chi connectivity index (χ1n) is 3.38. The Kier molecular flexibility index (Phi) is 16.4. The summed E-state index contributed by atoms with van der Waals surface area (Å²) in [7, 11) is 0. The summed E-state index contributed by atoms with van der Waals surface area (Å²) < 4.78 is 0. The van der Waals surface area contributed by atoms with E-state index < -0.39 is 6.10 Å². The molecule has 0 aliphatic heterocycles. The van der Waals surface area contributed by atoms with E-state index in [1.165, 1.54) is 0 Å². The fourth-order valence-corrected chi connectivity index (χ4v) is 0.909. The van der Waals surface area contributed by atoms with Crippen LogP contribution in [0.4, 0.5) is 0 Å². The van der Waals surface area contributed by atoms with Crippen LogP contribution in [0.25, 0.3) is 0 Å². The van der Waals surface area contributed by atoms with E-state index in [0.29, 0.717) is 6.42 Å². The standard InChI is InChI=1S/C8H11O2.2ClH.Zr/c9-6-8(10)5-7-3-1-2-4-7;;;/h1,3,8-10H,2,5-6H2;2*1H;/q-1;;;+3/p-2. The molecule has 0 aromatic heterocycles. The Balaban J connectivity index is -0.000000333. The van der Waals surface area contributed by atoms with Crippen LogP contribution in [0, 0.1) is 6.08 Å². The van der Waals surface area contributed by atoms with Crippen LogP contribution in [0.5, 0.6) is 0 Å². The first kappa shape index (κ1) is 19.4. The van der Waals surface area contributed by atoms with Crippen molar-refractivity contribution in [3.8, 4) is 0 Å². The largest absolute Gasteiger partial charge is 3.00 e. The van der Waals surface area contributed by atoms with Crippen molar-refractivity contribution in [3.05, 3.63) is 23.8 Å². The fourth-order valence-electron chi connectivity index (χ4n) is 0.909. The van der Waals surface area contributed by atoms with E-state index in [9.17, 15) is 0 Å². The minimum atomic E-state index is -0.620. The molecule has 5 heteroatoms. The van der Waals surface area contributed by atoms with E-state index in [0.717, 1.165) is 12.0 Å². The summed E-state index contributed by atoms with van der Waals surface area (Å²) in [5.74, 6) is 0. The Labute approximate surface area is 110 Å². The molecule has 73 valence electrons. The Morgan fingerprint density at radius 2 is 2.08 bits per heavy atom. The van der Waals surface area contributed by atoms with Crippen molar-refractivity contribution in [2.24, 2.45) is 0 Å². The molecule has 1 radical (unpaired) electrons. The molecule has 1 rings (SSSR count). The van der Waals surface area contributed by atoms with Crippen LogP contribution in [0.15, 0.2) is 17.7 Å².